The summed E-state index contributed by atoms with van der Waals surface area (Å²) in [7, 11) is 0. The number of aromatic amines is 1. The summed E-state index contributed by atoms with van der Waals surface area (Å²) in [5.74, 6) is 1.06. The van der Waals surface area contributed by atoms with Gasteiger partial charge in [0, 0.05) is 0 Å². The molecule has 0 aliphatic heterocycles. The number of hydrogen-bond donors (Lipinski definition) is 2. The minimum Gasteiger partial charge on any atom is -0.383 e. The zero-order valence-corrected chi connectivity index (χ0v) is 11.6. The van der Waals surface area contributed by atoms with Crippen molar-refractivity contribution in [2.75, 3.05) is 5.73 Å². The highest BCUT2D eigenvalue weighted by Crippen LogP contribution is 2.44. The molecule has 0 saturated heterocycles. The number of H-pyrrole nitrogens is 1. The van der Waals surface area contributed by atoms with Crippen LogP contribution in [0.15, 0.2) is 35.1 Å². The van der Waals surface area contributed by atoms with Crippen LogP contribution in [0.5, 0.6) is 0 Å². The first-order valence-electron chi connectivity index (χ1n) is 7.06. The summed E-state index contributed by atoms with van der Waals surface area (Å²) < 4.78 is 0. The summed E-state index contributed by atoms with van der Waals surface area (Å²) in [6, 6.07) is 10.3. The van der Waals surface area contributed by atoms with E-state index >= 15 is 0 Å². The van der Waals surface area contributed by atoms with Crippen molar-refractivity contribution in [3.05, 3.63) is 57.6 Å². The van der Waals surface area contributed by atoms with Crippen LogP contribution in [0.3, 0.4) is 0 Å². The van der Waals surface area contributed by atoms with E-state index in [-0.39, 0.29) is 11.0 Å². The van der Waals surface area contributed by atoms with Crippen molar-refractivity contribution in [1.82, 2.24) is 9.97 Å². The van der Waals surface area contributed by atoms with Gasteiger partial charge in [-0.25, -0.2) is 4.98 Å². The monoisotopic (exact) mass is 269 g/mol. The molecule has 3 rings (SSSR count). The van der Waals surface area contributed by atoms with Crippen LogP contribution in [0.4, 0.5) is 5.82 Å². The van der Waals surface area contributed by atoms with E-state index in [1.807, 2.05) is 18.2 Å². The number of anilines is 1. The van der Waals surface area contributed by atoms with Gasteiger partial charge in [0.15, 0.2) is 0 Å². The average Bonchev–Trinajstić information content (AvgIpc) is 2.96. The molecule has 0 atom stereocenters. The van der Waals surface area contributed by atoms with Gasteiger partial charge < -0.3 is 10.7 Å². The van der Waals surface area contributed by atoms with Crippen molar-refractivity contribution in [2.24, 2.45) is 0 Å². The van der Waals surface area contributed by atoms with Crippen LogP contribution in [0.1, 0.15) is 42.6 Å². The minimum absolute atomic E-state index is 0.130. The third-order valence-electron chi connectivity index (χ3n) is 4.43. The van der Waals surface area contributed by atoms with Gasteiger partial charge in [-0.2, -0.15) is 0 Å². The predicted octanol–water partition coefficient (Wildman–Crippen LogP) is 2.52. The lowest BCUT2D eigenvalue weighted by molar-refractivity contribution is 0.497. The quantitative estimate of drug-likeness (QED) is 0.880. The molecule has 0 spiro atoms. The zero-order valence-electron chi connectivity index (χ0n) is 11.6. The molecular weight excluding hydrogens is 250 g/mol. The van der Waals surface area contributed by atoms with Crippen LogP contribution in [0, 0.1) is 6.92 Å². The topological polar surface area (TPSA) is 71.8 Å². The first-order valence-corrected chi connectivity index (χ1v) is 7.06. The molecule has 104 valence electrons. The van der Waals surface area contributed by atoms with Gasteiger partial charge in [-0.05, 0) is 25.3 Å². The van der Waals surface area contributed by atoms with Gasteiger partial charge in [-0.15, -0.1) is 0 Å². The third kappa shape index (κ3) is 1.92. The average molecular weight is 269 g/mol. The minimum atomic E-state index is -0.192. The molecule has 1 saturated carbocycles. The van der Waals surface area contributed by atoms with Crippen LogP contribution in [0.2, 0.25) is 0 Å². The molecule has 1 aromatic carbocycles. The van der Waals surface area contributed by atoms with E-state index in [9.17, 15) is 4.79 Å². The van der Waals surface area contributed by atoms with Gasteiger partial charge in [0.2, 0.25) is 0 Å². The van der Waals surface area contributed by atoms with E-state index in [2.05, 4.69) is 22.1 Å². The van der Waals surface area contributed by atoms with Gasteiger partial charge >= 0.3 is 0 Å². The summed E-state index contributed by atoms with van der Waals surface area (Å²) in [4.78, 5) is 19.5. The Labute approximate surface area is 118 Å². The van der Waals surface area contributed by atoms with Crippen LogP contribution in [-0.2, 0) is 5.41 Å². The second kappa shape index (κ2) is 4.78. The summed E-state index contributed by atoms with van der Waals surface area (Å²) in [6.45, 7) is 1.70. The van der Waals surface area contributed by atoms with Gasteiger partial charge in [0.25, 0.3) is 5.56 Å². The largest absolute Gasteiger partial charge is 0.383 e. The molecule has 0 radical (unpaired) electrons. The Bertz CT molecular complexity index is 670. The van der Waals surface area contributed by atoms with E-state index < -0.39 is 0 Å². The van der Waals surface area contributed by atoms with Crippen LogP contribution in [0.25, 0.3) is 0 Å². The van der Waals surface area contributed by atoms with E-state index in [0.717, 1.165) is 25.7 Å². The molecule has 0 amide bonds. The highest BCUT2D eigenvalue weighted by atomic mass is 16.1. The van der Waals surface area contributed by atoms with E-state index in [1.54, 1.807) is 6.92 Å². The van der Waals surface area contributed by atoms with Crippen molar-refractivity contribution in [3.63, 3.8) is 0 Å². The lowest BCUT2D eigenvalue weighted by Crippen LogP contribution is -2.31. The van der Waals surface area contributed by atoms with Crippen molar-refractivity contribution >= 4 is 5.82 Å². The maximum Gasteiger partial charge on any atom is 0.255 e. The van der Waals surface area contributed by atoms with Crippen molar-refractivity contribution in [1.29, 1.82) is 0 Å². The number of nitrogens with one attached hydrogen (secondary N) is 1. The highest BCUT2D eigenvalue weighted by Gasteiger charge is 2.39. The molecule has 20 heavy (non-hydrogen) atoms. The number of benzene rings is 1. The standard InChI is InChI=1S/C16H19N3O/c1-11-13(17)18-15(19-14(11)20)16(9-5-6-10-16)12-7-3-2-4-8-12/h2-4,7-8H,5-6,9-10H2,1H3,(H3,17,18,19,20). The van der Waals surface area contributed by atoms with E-state index in [4.69, 9.17) is 5.73 Å². The maximum absolute atomic E-state index is 12.0. The lowest BCUT2D eigenvalue weighted by atomic mass is 9.78. The normalized spacial score (nSPS) is 17.2. The summed E-state index contributed by atoms with van der Waals surface area (Å²) >= 11 is 0. The Morgan fingerprint density at radius 3 is 2.45 bits per heavy atom. The molecule has 1 aliphatic carbocycles. The molecule has 4 nitrogen and oxygen atoms in total. The van der Waals surface area contributed by atoms with E-state index in [1.165, 1.54) is 5.56 Å². The lowest BCUT2D eigenvalue weighted by Gasteiger charge is -2.28. The number of rotatable bonds is 2. The first-order chi connectivity index (χ1) is 9.63. The van der Waals surface area contributed by atoms with Crippen molar-refractivity contribution < 1.29 is 0 Å². The Morgan fingerprint density at radius 2 is 1.85 bits per heavy atom. The fourth-order valence-corrected chi connectivity index (χ4v) is 3.17. The van der Waals surface area contributed by atoms with Crippen molar-refractivity contribution in [3.8, 4) is 0 Å². The Hall–Kier alpha value is -2.10. The van der Waals surface area contributed by atoms with Gasteiger partial charge in [-0.3, -0.25) is 4.79 Å². The van der Waals surface area contributed by atoms with Crippen LogP contribution >= 0.6 is 0 Å². The summed E-state index contributed by atoms with van der Waals surface area (Å²) in [6.07, 6.45) is 4.30. The molecule has 0 unspecified atom stereocenters. The summed E-state index contributed by atoms with van der Waals surface area (Å²) in [5, 5.41) is 0. The molecule has 4 heteroatoms. The predicted molar refractivity (Wildman–Crippen MR) is 79.7 cm³/mol. The number of nitrogens with zero attached hydrogens (tertiary/aromatic N) is 1. The zero-order chi connectivity index (χ0) is 14.2. The Morgan fingerprint density at radius 1 is 1.20 bits per heavy atom. The first kappa shape index (κ1) is 12.9. The van der Waals surface area contributed by atoms with Crippen LogP contribution in [-0.4, -0.2) is 9.97 Å². The summed E-state index contributed by atoms with van der Waals surface area (Å²) in [5.41, 5.74) is 7.28. The number of hydrogen-bond acceptors (Lipinski definition) is 3. The van der Waals surface area contributed by atoms with Crippen molar-refractivity contribution in [2.45, 2.75) is 38.0 Å². The molecule has 1 aliphatic rings. The maximum atomic E-state index is 12.0. The van der Waals surface area contributed by atoms with Crippen LogP contribution < -0.4 is 11.3 Å². The molecule has 1 heterocycles. The second-order valence-corrected chi connectivity index (χ2v) is 5.58. The van der Waals surface area contributed by atoms with Gasteiger partial charge in [0.1, 0.15) is 11.6 Å². The van der Waals surface area contributed by atoms with Gasteiger partial charge in [-0.1, -0.05) is 43.2 Å². The molecule has 1 aromatic heterocycles. The Balaban J connectivity index is 2.20. The third-order valence-corrected chi connectivity index (χ3v) is 4.43. The molecule has 1 fully saturated rings. The number of nitrogen functional groups attached to an aromatic ring is 1. The van der Waals surface area contributed by atoms with E-state index in [0.29, 0.717) is 17.2 Å². The molecule has 0 bridgehead atoms. The molecule has 2 aromatic rings. The number of nitrogens with two attached hydrogens (primary N) is 1. The molecule has 3 N–H and O–H groups in total. The smallest absolute Gasteiger partial charge is 0.255 e. The SMILES string of the molecule is Cc1c(N)nc(C2(c3ccccc3)CCCC2)[nH]c1=O. The molecular formula is C16H19N3O. The second-order valence-electron chi connectivity index (χ2n) is 5.58. The fraction of sp³-hybridized carbons (Fsp3) is 0.375. The van der Waals surface area contributed by atoms with Gasteiger partial charge in [0.05, 0.1) is 11.0 Å². The number of aromatic nitrogens is 2. The highest BCUT2D eigenvalue weighted by molar-refractivity contribution is 5.41. The Kier molecular flexibility index (Phi) is 3.08. The fourth-order valence-electron chi connectivity index (χ4n) is 3.17.